The third kappa shape index (κ3) is 4.77. The average Bonchev–Trinajstić information content (AvgIpc) is 3.76. The summed E-state index contributed by atoms with van der Waals surface area (Å²) in [5.74, 6) is 0.642. The molecule has 10 aromatic rings. The highest BCUT2D eigenvalue weighted by molar-refractivity contribution is 6.09. The summed E-state index contributed by atoms with van der Waals surface area (Å²) >= 11 is 0. The van der Waals surface area contributed by atoms with E-state index in [0.717, 1.165) is 88.6 Å². The van der Waals surface area contributed by atoms with Crippen LogP contribution in [0, 0.1) is 0 Å². The lowest BCUT2D eigenvalue weighted by atomic mass is 9.99. The molecule has 0 aliphatic carbocycles. The van der Waals surface area contributed by atoms with Crippen LogP contribution in [0.25, 0.3) is 100 Å². The molecule has 0 amide bonds. The summed E-state index contributed by atoms with van der Waals surface area (Å²) in [4.78, 5) is 10.3. The van der Waals surface area contributed by atoms with Crippen molar-refractivity contribution >= 4 is 43.9 Å². The highest BCUT2D eigenvalue weighted by Crippen LogP contribution is 2.37. The summed E-state index contributed by atoms with van der Waals surface area (Å²) in [6.45, 7) is 0. The summed E-state index contributed by atoms with van der Waals surface area (Å²) in [5, 5.41) is 4.42. The lowest BCUT2D eigenvalue weighted by Gasteiger charge is -2.11. The molecule has 0 atom stereocenters. The fourth-order valence-electron chi connectivity index (χ4n) is 7.00. The Morgan fingerprint density at radius 3 is 1.56 bits per heavy atom. The van der Waals surface area contributed by atoms with E-state index in [9.17, 15) is 0 Å². The van der Waals surface area contributed by atoms with E-state index >= 15 is 0 Å². The summed E-state index contributed by atoms with van der Waals surface area (Å²) < 4.78 is 12.6. The van der Waals surface area contributed by atoms with E-state index < -0.39 is 0 Å². The molecule has 3 heterocycles. The van der Waals surface area contributed by atoms with Crippen LogP contribution in [0.1, 0.15) is 0 Å². The molecule has 0 radical (unpaired) electrons. The van der Waals surface area contributed by atoms with Crippen molar-refractivity contribution < 1.29 is 8.83 Å². The number of nitrogens with zero attached hydrogens (tertiary/aromatic N) is 2. The zero-order valence-electron chi connectivity index (χ0n) is 26.9. The summed E-state index contributed by atoms with van der Waals surface area (Å²) in [6.07, 6.45) is 0. The van der Waals surface area contributed by atoms with Crippen LogP contribution in [-0.4, -0.2) is 9.97 Å². The third-order valence-electron chi connectivity index (χ3n) is 9.55. The van der Waals surface area contributed by atoms with E-state index in [1.807, 2.05) is 42.5 Å². The Morgan fingerprint density at radius 2 is 0.840 bits per heavy atom. The minimum atomic E-state index is 0.642. The van der Waals surface area contributed by atoms with Gasteiger partial charge < -0.3 is 8.83 Å². The lowest BCUT2D eigenvalue weighted by molar-refractivity contribution is 0.669. The molecule has 4 heteroatoms. The predicted molar refractivity (Wildman–Crippen MR) is 204 cm³/mol. The molecule has 234 valence electrons. The van der Waals surface area contributed by atoms with Crippen LogP contribution in [0.3, 0.4) is 0 Å². The average molecular weight is 641 g/mol. The number of hydrogen-bond acceptors (Lipinski definition) is 4. The van der Waals surface area contributed by atoms with Gasteiger partial charge >= 0.3 is 0 Å². The standard InChI is InChI=1S/C46H28N2O2/c1-2-9-29(10-3-1)30-17-21-32(22-18-30)40-28-41(48-46(47-40)34-25-26-38-36-11-4-6-15-42(36)49-44(38)27-34)33-23-19-31(20-24-33)35-13-8-14-39-37-12-5-7-16-43(37)50-45(35)39/h1-28H. The zero-order valence-corrected chi connectivity index (χ0v) is 26.9. The Balaban J connectivity index is 1.08. The normalized spacial score (nSPS) is 11.6. The monoisotopic (exact) mass is 640 g/mol. The molecule has 0 aliphatic heterocycles. The van der Waals surface area contributed by atoms with Crippen molar-refractivity contribution in [3.05, 3.63) is 170 Å². The van der Waals surface area contributed by atoms with Crippen molar-refractivity contribution in [3.8, 4) is 56.2 Å². The summed E-state index contributed by atoms with van der Waals surface area (Å²) in [5.41, 5.74) is 12.6. The Bertz CT molecular complexity index is 2850. The number of hydrogen-bond donors (Lipinski definition) is 0. The predicted octanol–water partition coefficient (Wildman–Crippen LogP) is 12.6. The van der Waals surface area contributed by atoms with Gasteiger partial charge in [0.05, 0.1) is 11.4 Å². The van der Waals surface area contributed by atoms with Crippen LogP contribution in [0.4, 0.5) is 0 Å². The Kier molecular flexibility index (Phi) is 6.46. The molecule has 0 bridgehead atoms. The highest BCUT2D eigenvalue weighted by atomic mass is 16.3. The number of aromatic nitrogens is 2. The van der Waals surface area contributed by atoms with Crippen LogP contribution < -0.4 is 0 Å². The Morgan fingerprint density at radius 1 is 0.320 bits per heavy atom. The molecule has 50 heavy (non-hydrogen) atoms. The first-order chi connectivity index (χ1) is 24.7. The van der Waals surface area contributed by atoms with Gasteiger partial charge in [0.25, 0.3) is 0 Å². The molecular weight excluding hydrogens is 613 g/mol. The summed E-state index contributed by atoms with van der Waals surface area (Å²) in [7, 11) is 0. The quantitative estimate of drug-likeness (QED) is 0.188. The molecule has 0 unspecified atom stereocenters. The van der Waals surface area contributed by atoms with Gasteiger partial charge in [0.15, 0.2) is 5.82 Å². The van der Waals surface area contributed by atoms with Gasteiger partial charge in [-0.15, -0.1) is 0 Å². The highest BCUT2D eigenvalue weighted by Gasteiger charge is 2.15. The largest absolute Gasteiger partial charge is 0.456 e. The molecular formula is C46H28N2O2. The van der Waals surface area contributed by atoms with Crippen LogP contribution in [0.15, 0.2) is 179 Å². The van der Waals surface area contributed by atoms with Gasteiger partial charge in [-0.3, -0.25) is 0 Å². The topological polar surface area (TPSA) is 52.1 Å². The fraction of sp³-hybridized carbons (Fsp3) is 0. The van der Waals surface area contributed by atoms with Crippen LogP contribution in [-0.2, 0) is 0 Å². The van der Waals surface area contributed by atoms with Gasteiger partial charge in [-0.1, -0.05) is 140 Å². The SMILES string of the molecule is c1ccc(-c2ccc(-c3cc(-c4ccc(-c5cccc6c5oc5ccccc56)cc4)nc(-c4ccc5c(c4)oc4ccccc45)n3)cc2)cc1. The molecule has 4 nitrogen and oxygen atoms in total. The first kappa shape index (κ1) is 28.3. The van der Waals surface area contributed by atoms with E-state index in [1.54, 1.807) is 0 Å². The van der Waals surface area contributed by atoms with Crippen molar-refractivity contribution in [1.29, 1.82) is 0 Å². The molecule has 0 N–H and O–H groups in total. The van der Waals surface area contributed by atoms with Crippen LogP contribution in [0.5, 0.6) is 0 Å². The maximum atomic E-state index is 6.34. The van der Waals surface area contributed by atoms with Gasteiger partial charge in [-0.25, -0.2) is 9.97 Å². The van der Waals surface area contributed by atoms with Crippen LogP contribution >= 0.6 is 0 Å². The van der Waals surface area contributed by atoms with E-state index in [1.165, 1.54) is 5.56 Å². The zero-order chi connectivity index (χ0) is 33.0. The molecule has 0 aliphatic rings. The van der Waals surface area contributed by atoms with Gasteiger partial charge in [0.2, 0.25) is 0 Å². The second kappa shape index (κ2) is 11.4. The second-order valence-electron chi connectivity index (χ2n) is 12.6. The minimum absolute atomic E-state index is 0.642. The van der Waals surface area contributed by atoms with Crippen molar-refractivity contribution in [2.24, 2.45) is 0 Å². The van der Waals surface area contributed by atoms with Crippen molar-refractivity contribution in [1.82, 2.24) is 9.97 Å². The maximum Gasteiger partial charge on any atom is 0.160 e. The molecule has 7 aromatic carbocycles. The van der Waals surface area contributed by atoms with E-state index in [0.29, 0.717) is 5.82 Å². The number of para-hydroxylation sites is 3. The first-order valence-electron chi connectivity index (χ1n) is 16.7. The van der Waals surface area contributed by atoms with Gasteiger partial charge in [0.1, 0.15) is 22.3 Å². The van der Waals surface area contributed by atoms with E-state index in [2.05, 4.69) is 127 Å². The molecule has 10 rings (SSSR count). The van der Waals surface area contributed by atoms with Crippen molar-refractivity contribution in [2.45, 2.75) is 0 Å². The minimum Gasteiger partial charge on any atom is -0.456 e. The number of rotatable bonds is 5. The third-order valence-corrected chi connectivity index (χ3v) is 9.55. The van der Waals surface area contributed by atoms with Crippen molar-refractivity contribution in [2.75, 3.05) is 0 Å². The first-order valence-corrected chi connectivity index (χ1v) is 16.7. The van der Waals surface area contributed by atoms with Crippen molar-refractivity contribution in [3.63, 3.8) is 0 Å². The second-order valence-corrected chi connectivity index (χ2v) is 12.6. The number of furan rings is 2. The maximum absolute atomic E-state index is 6.34. The molecule has 0 fully saturated rings. The molecule has 0 spiro atoms. The smallest absolute Gasteiger partial charge is 0.160 e. The van der Waals surface area contributed by atoms with Crippen LogP contribution in [0.2, 0.25) is 0 Å². The Hall–Kier alpha value is -6.78. The number of fused-ring (bicyclic) bond motifs is 6. The molecule has 3 aromatic heterocycles. The van der Waals surface area contributed by atoms with Gasteiger partial charge in [-0.2, -0.15) is 0 Å². The van der Waals surface area contributed by atoms with E-state index in [-0.39, 0.29) is 0 Å². The Labute approximate surface area is 287 Å². The lowest BCUT2D eigenvalue weighted by Crippen LogP contribution is -1.96. The van der Waals surface area contributed by atoms with E-state index in [4.69, 9.17) is 18.8 Å². The van der Waals surface area contributed by atoms with Gasteiger partial charge in [0, 0.05) is 43.8 Å². The summed E-state index contributed by atoms with van der Waals surface area (Å²) in [6, 6.07) is 58.5. The number of benzene rings is 7. The molecule has 0 saturated carbocycles. The fourth-order valence-corrected chi connectivity index (χ4v) is 7.00. The molecule has 0 saturated heterocycles. The van der Waals surface area contributed by atoms with Gasteiger partial charge in [-0.05, 0) is 47.0 Å².